The summed E-state index contributed by atoms with van der Waals surface area (Å²) < 4.78 is 1.61. The molecule has 7 atom stereocenters. The van der Waals surface area contributed by atoms with Crippen molar-refractivity contribution in [1.82, 2.24) is 4.57 Å². The number of rotatable bonds is 5. The number of amides is 3. The second-order valence-corrected chi connectivity index (χ2v) is 15.9. The molecule has 2 aliphatic carbocycles. The number of nitrogens with one attached hydrogen (secondary N) is 1. The van der Waals surface area contributed by atoms with Gasteiger partial charge in [0.15, 0.2) is 0 Å². The number of hydrogen-bond donors (Lipinski definition) is 1. The van der Waals surface area contributed by atoms with E-state index >= 15 is 0 Å². The van der Waals surface area contributed by atoms with Gasteiger partial charge in [0.25, 0.3) is 0 Å². The summed E-state index contributed by atoms with van der Waals surface area (Å²) in [4.78, 5) is 57.5. The zero-order chi connectivity index (χ0) is 32.8. The number of carbonyl (C=O) groups is 3. The monoisotopic (exact) mass is 691 g/mol. The number of hydrogen-bond acceptors (Lipinski definition) is 6. The van der Waals surface area contributed by atoms with Crippen LogP contribution in [0.2, 0.25) is 5.02 Å². The van der Waals surface area contributed by atoms with Gasteiger partial charge in [0.2, 0.25) is 17.7 Å². The Labute approximate surface area is 289 Å². The predicted octanol–water partition coefficient (Wildman–Crippen LogP) is 7.34. The first kappa shape index (κ1) is 29.9. The molecule has 2 saturated carbocycles. The molecule has 7 unspecified atom stereocenters. The molecule has 1 N–H and O–H groups in total. The molecular formula is C38H30ClN3O4S2. The van der Waals surface area contributed by atoms with E-state index in [2.05, 4.69) is 5.32 Å². The highest BCUT2D eigenvalue weighted by Gasteiger charge is 2.69. The lowest BCUT2D eigenvalue weighted by atomic mass is 9.68. The largest absolute Gasteiger partial charge is 0.324 e. The average molecular weight is 692 g/mol. The van der Waals surface area contributed by atoms with Gasteiger partial charge in [0.1, 0.15) is 6.54 Å². The number of thiazole rings is 1. The van der Waals surface area contributed by atoms with Crippen molar-refractivity contribution < 1.29 is 14.4 Å². The summed E-state index contributed by atoms with van der Waals surface area (Å²) >= 11 is 9.13. The molecule has 7 nitrogen and oxygen atoms in total. The lowest BCUT2D eigenvalue weighted by Crippen LogP contribution is -2.43. The molecule has 2 aliphatic heterocycles. The second-order valence-electron chi connectivity index (χ2n) is 13.3. The SMILES string of the molecule is Cc1ccc(N2C(=O)C3C4CC(C3C2=O)C2C(c3ccc(Cl)cc3)c3sc(=O)n(CC(=O)Nc5cccc6ccccc56)c3SC42)cc1. The number of halogens is 1. The number of thioether (sulfide) groups is 1. The first-order chi connectivity index (χ1) is 23.3. The number of aromatic nitrogens is 1. The molecular weight excluding hydrogens is 662 g/mol. The van der Waals surface area contributed by atoms with E-state index in [-0.39, 0.29) is 64.0 Å². The van der Waals surface area contributed by atoms with Gasteiger partial charge in [-0.1, -0.05) is 89.2 Å². The number of carbonyl (C=O) groups excluding carboxylic acids is 3. The van der Waals surface area contributed by atoms with E-state index in [1.807, 2.05) is 97.9 Å². The molecule has 9 rings (SSSR count). The Bertz CT molecular complexity index is 2210. The van der Waals surface area contributed by atoms with Crippen molar-refractivity contribution in [3.63, 3.8) is 0 Å². The van der Waals surface area contributed by atoms with Crippen LogP contribution in [0.5, 0.6) is 0 Å². The Hall–Kier alpha value is -4.18. The van der Waals surface area contributed by atoms with Gasteiger partial charge in [0, 0.05) is 32.1 Å². The summed E-state index contributed by atoms with van der Waals surface area (Å²) in [5, 5.41) is 6.41. The van der Waals surface area contributed by atoms with Gasteiger partial charge in [0.05, 0.1) is 22.5 Å². The van der Waals surface area contributed by atoms with Crippen LogP contribution in [0.1, 0.15) is 28.3 Å². The Morgan fingerprint density at radius 3 is 2.35 bits per heavy atom. The zero-order valence-corrected chi connectivity index (χ0v) is 28.2. The smallest absolute Gasteiger partial charge is 0.308 e. The highest BCUT2D eigenvalue weighted by atomic mass is 35.5. The summed E-state index contributed by atoms with van der Waals surface area (Å²) in [6.07, 6.45) is 0.793. The topological polar surface area (TPSA) is 88.5 Å². The number of anilines is 2. The summed E-state index contributed by atoms with van der Waals surface area (Å²) in [5.41, 5.74) is 3.42. The molecule has 0 spiro atoms. The van der Waals surface area contributed by atoms with Crippen LogP contribution in [0, 0.1) is 36.5 Å². The summed E-state index contributed by atoms with van der Waals surface area (Å²) in [6, 6.07) is 28.9. The standard InChI is InChI=1S/C38H30ClN3O4S2/c1-19-9-15-23(16-10-19)42-35(44)31-25-17-26(32(31)36(42)45)33-30(25)29(21-11-13-22(39)14-12-21)34-37(47-33)41(38(46)48-34)18-28(43)40-27-8-4-6-20-5-2-3-7-24(20)27/h2-16,25-26,29-33H,17-18H2,1H3,(H,40,43). The van der Waals surface area contributed by atoms with Gasteiger partial charge in [-0.2, -0.15) is 0 Å². The molecule has 10 heteroatoms. The van der Waals surface area contributed by atoms with Crippen LogP contribution in [-0.4, -0.2) is 27.5 Å². The van der Waals surface area contributed by atoms with Crippen LogP contribution in [0.3, 0.4) is 0 Å². The Balaban J connectivity index is 1.09. The van der Waals surface area contributed by atoms with Crippen LogP contribution in [0.25, 0.3) is 10.8 Å². The van der Waals surface area contributed by atoms with Crippen LogP contribution in [-0.2, 0) is 20.9 Å². The molecule has 3 heterocycles. The number of imide groups is 1. The number of nitrogens with zero attached hydrogens (tertiary/aromatic N) is 2. The van der Waals surface area contributed by atoms with Crippen molar-refractivity contribution in [3.8, 4) is 0 Å². The van der Waals surface area contributed by atoms with Gasteiger partial charge >= 0.3 is 4.87 Å². The van der Waals surface area contributed by atoms with Gasteiger partial charge in [-0.25, -0.2) is 0 Å². The molecule has 2 bridgehead atoms. The first-order valence-electron chi connectivity index (χ1n) is 16.2. The number of fused-ring (bicyclic) bond motifs is 10. The number of benzene rings is 4. The van der Waals surface area contributed by atoms with Crippen molar-refractivity contribution in [2.24, 2.45) is 29.6 Å². The fourth-order valence-electron chi connectivity index (χ4n) is 8.91. The number of aryl methyl sites for hydroxylation is 1. The molecule has 48 heavy (non-hydrogen) atoms. The predicted molar refractivity (Wildman–Crippen MR) is 190 cm³/mol. The van der Waals surface area contributed by atoms with Gasteiger partial charge in [-0.05, 0) is 72.4 Å². The van der Waals surface area contributed by atoms with Crippen LogP contribution >= 0.6 is 34.7 Å². The third-order valence-electron chi connectivity index (χ3n) is 10.8. The van der Waals surface area contributed by atoms with E-state index in [0.717, 1.165) is 38.2 Å². The molecule has 1 aromatic heterocycles. The van der Waals surface area contributed by atoms with E-state index in [1.54, 1.807) is 16.3 Å². The van der Waals surface area contributed by atoms with Gasteiger partial charge < -0.3 is 5.32 Å². The van der Waals surface area contributed by atoms with Crippen molar-refractivity contribution in [2.45, 2.75) is 36.1 Å². The fourth-order valence-corrected chi connectivity index (χ4v) is 12.2. The lowest BCUT2D eigenvalue weighted by molar-refractivity contribution is -0.123. The van der Waals surface area contributed by atoms with Crippen LogP contribution in [0.15, 0.2) is 101 Å². The van der Waals surface area contributed by atoms with E-state index in [1.165, 1.54) is 16.2 Å². The van der Waals surface area contributed by atoms with Crippen molar-refractivity contribution in [2.75, 3.05) is 10.2 Å². The van der Waals surface area contributed by atoms with Gasteiger partial charge in [-0.3, -0.25) is 28.6 Å². The highest BCUT2D eigenvalue weighted by molar-refractivity contribution is 8.00. The average Bonchev–Trinajstić information content (AvgIpc) is 3.81. The molecule has 5 aromatic rings. The third-order valence-corrected chi connectivity index (χ3v) is 13.9. The second kappa shape index (κ2) is 11.2. The minimum absolute atomic E-state index is 0.00135. The molecule has 3 fully saturated rings. The van der Waals surface area contributed by atoms with E-state index < -0.39 is 5.92 Å². The minimum atomic E-state index is -0.390. The van der Waals surface area contributed by atoms with Crippen molar-refractivity contribution >= 4 is 74.6 Å². The quantitative estimate of drug-likeness (QED) is 0.195. The van der Waals surface area contributed by atoms with E-state index in [4.69, 9.17) is 11.6 Å². The van der Waals surface area contributed by atoms with Crippen LogP contribution in [0.4, 0.5) is 11.4 Å². The Morgan fingerprint density at radius 1 is 0.875 bits per heavy atom. The van der Waals surface area contributed by atoms with Gasteiger partial charge in [-0.15, -0.1) is 11.8 Å². The maximum absolute atomic E-state index is 14.1. The van der Waals surface area contributed by atoms with Crippen LogP contribution < -0.4 is 15.1 Å². The Morgan fingerprint density at radius 2 is 1.58 bits per heavy atom. The molecule has 3 amide bonds. The summed E-state index contributed by atoms with van der Waals surface area (Å²) in [7, 11) is 0. The van der Waals surface area contributed by atoms with E-state index in [0.29, 0.717) is 16.4 Å². The maximum Gasteiger partial charge on any atom is 0.308 e. The third kappa shape index (κ3) is 4.47. The van der Waals surface area contributed by atoms with E-state index in [9.17, 15) is 19.2 Å². The first-order valence-corrected chi connectivity index (χ1v) is 18.2. The molecule has 0 radical (unpaired) electrons. The normalized spacial score (nSPS) is 26.9. The molecule has 1 saturated heterocycles. The highest BCUT2D eigenvalue weighted by Crippen LogP contribution is 2.69. The lowest BCUT2D eigenvalue weighted by Gasteiger charge is -2.43. The zero-order valence-electron chi connectivity index (χ0n) is 25.8. The summed E-state index contributed by atoms with van der Waals surface area (Å²) in [6.45, 7) is 1.86. The van der Waals surface area contributed by atoms with Crippen molar-refractivity contribution in [1.29, 1.82) is 0 Å². The minimum Gasteiger partial charge on any atom is -0.324 e. The summed E-state index contributed by atoms with van der Waals surface area (Å²) in [5.74, 6) is -1.40. The maximum atomic E-state index is 14.1. The Kier molecular flexibility index (Phi) is 6.97. The molecule has 4 aliphatic rings. The molecule has 240 valence electrons. The molecule has 4 aromatic carbocycles. The fraction of sp³-hybridized carbons (Fsp3) is 0.263. The van der Waals surface area contributed by atoms with Crippen molar-refractivity contribution in [3.05, 3.63) is 122 Å².